The van der Waals surface area contributed by atoms with E-state index in [1.807, 2.05) is 0 Å². The number of halogens is 6. The maximum absolute atomic E-state index is 12.4. The number of alkyl halides is 6. The lowest BCUT2D eigenvalue weighted by Gasteiger charge is -2.33. The summed E-state index contributed by atoms with van der Waals surface area (Å²) in [5.74, 6) is -4.33. The van der Waals surface area contributed by atoms with Crippen molar-refractivity contribution in [3.05, 3.63) is 0 Å². The molecule has 1 fully saturated rings. The van der Waals surface area contributed by atoms with Gasteiger partial charge in [0, 0.05) is 0 Å². The van der Waals surface area contributed by atoms with E-state index >= 15 is 0 Å². The standard InChI is InChI=1S/C13H16F6O5/c1-10(5-3-2-4-6-10)24-8(20)7-23-9(21)11(22,12(14,15)16)13(17,18)19/h22H,2-7H2,1H3. The molecule has 0 unspecified atom stereocenters. The van der Waals surface area contributed by atoms with Crippen LogP contribution in [0.4, 0.5) is 26.3 Å². The molecule has 5 nitrogen and oxygen atoms in total. The number of carbonyl (C=O) groups is 2. The molecule has 1 aliphatic rings. The molecule has 24 heavy (non-hydrogen) atoms. The fraction of sp³-hybridized carbons (Fsp3) is 0.846. The Hall–Kier alpha value is -1.52. The van der Waals surface area contributed by atoms with Gasteiger partial charge in [-0.25, -0.2) is 9.59 Å². The van der Waals surface area contributed by atoms with E-state index in [1.54, 1.807) is 6.92 Å². The minimum absolute atomic E-state index is 0.474. The third-order valence-electron chi connectivity index (χ3n) is 3.71. The zero-order chi connectivity index (χ0) is 18.8. The Kier molecular flexibility index (Phi) is 5.79. The van der Waals surface area contributed by atoms with Gasteiger partial charge in [0.15, 0.2) is 6.61 Å². The molecule has 0 aromatic rings. The van der Waals surface area contributed by atoms with E-state index in [0.29, 0.717) is 12.8 Å². The zero-order valence-corrected chi connectivity index (χ0v) is 12.6. The molecule has 140 valence electrons. The molecule has 0 spiro atoms. The molecule has 0 aliphatic heterocycles. The molecule has 0 amide bonds. The number of rotatable bonds is 4. The molecule has 0 aromatic carbocycles. The summed E-state index contributed by atoms with van der Waals surface area (Å²) in [6, 6.07) is 0. The Balaban J connectivity index is 2.71. The highest BCUT2D eigenvalue weighted by atomic mass is 19.4. The van der Waals surface area contributed by atoms with E-state index in [0.717, 1.165) is 19.3 Å². The van der Waals surface area contributed by atoms with Gasteiger partial charge in [0.1, 0.15) is 5.60 Å². The lowest BCUT2D eigenvalue weighted by atomic mass is 9.86. The molecule has 0 radical (unpaired) electrons. The van der Waals surface area contributed by atoms with Crippen LogP contribution in [0.3, 0.4) is 0 Å². The van der Waals surface area contributed by atoms with Gasteiger partial charge in [-0.05, 0) is 32.6 Å². The van der Waals surface area contributed by atoms with Crippen molar-refractivity contribution in [2.24, 2.45) is 0 Å². The molecular weight excluding hydrogens is 350 g/mol. The van der Waals surface area contributed by atoms with Crippen LogP contribution in [-0.4, -0.2) is 47.2 Å². The first kappa shape index (κ1) is 20.5. The van der Waals surface area contributed by atoms with Crippen molar-refractivity contribution in [2.45, 2.75) is 62.6 Å². The monoisotopic (exact) mass is 366 g/mol. The minimum Gasteiger partial charge on any atom is -0.457 e. The average Bonchev–Trinajstić information content (AvgIpc) is 2.41. The van der Waals surface area contributed by atoms with Crippen LogP contribution in [0, 0.1) is 0 Å². The highest BCUT2D eigenvalue weighted by Gasteiger charge is 2.76. The van der Waals surface area contributed by atoms with Gasteiger partial charge in [-0.2, -0.15) is 26.3 Å². The largest absolute Gasteiger partial charge is 0.457 e. The van der Waals surface area contributed by atoms with Gasteiger partial charge < -0.3 is 14.6 Å². The molecule has 1 saturated carbocycles. The third kappa shape index (κ3) is 4.31. The van der Waals surface area contributed by atoms with Gasteiger partial charge in [-0.1, -0.05) is 6.42 Å². The predicted octanol–water partition coefficient (Wildman–Crippen LogP) is 2.65. The van der Waals surface area contributed by atoms with Crippen molar-refractivity contribution in [2.75, 3.05) is 6.61 Å². The van der Waals surface area contributed by atoms with Gasteiger partial charge in [-0.3, -0.25) is 0 Å². The number of hydrogen-bond acceptors (Lipinski definition) is 5. The number of esters is 2. The predicted molar refractivity (Wildman–Crippen MR) is 65.6 cm³/mol. The molecular formula is C13H16F6O5. The number of hydrogen-bond donors (Lipinski definition) is 1. The summed E-state index contributed by atoms with van der Waals surface area (Å²) in [7, 11) is 0. The van der Waals surface area contributed by atoms with Crippen LogP contribution in [0.1, 0.15) is 39.0 Å². The molecule has 1 rings (SSSR count). The van der Waals surface area contributed by atoms with Crippen molar-refractivity contribution in [3.8, 4) is 0 Å². The minimum atomic E-state index is -6.36. The molecule has 0 bridgehead atoms. The van der Waals surface area contributed by atoms with Crippen molar-refractivity contribution in [3.63, 3.8) is 0 Å². The number of ether oxygens (including phenoxy) is 2. The first-order valence-electron chi connectivity index (χ1n) is 6.98. The molecule has 1 N–H and O–H groups in total. The van der Waals surface area contributed by atoms with Crippen LogP contribution in [0.15, 0.2) is 0 Å². The Labute approximate surface area is 132 Å². The average molecular weight is 366 g/mol. The summed E-state index contributed by atoms with van der Waals surface area (Å²) in [5.41, 5.74) is -6.62. The van der Waals surface area contributed by atoms with Crippen LogP contribution in [0.25, 0.3) is 0 Å². The smallest absolute Gasteiger partial charge is 0.437 e. The Morgan fingerprint density at radius 3 is 1.88 bits per heavy atom. The third-order valence-corrected chi connectivity index (χ3v) is 3.71. The van der Waals surface area contributed by atoms with Gasteiger partial charge in [-0.15, -0.1) is 0 Å². The topological polar surface area (TPSA) is 72.8 Å². The Morgan fingerprint density at radius 1 is 1.00 bits per heavy atom. The molecule has 0 heterocycles. The van der Waals surface area contributed by atoms with Crippen molar-refractivity contribution < 1.29 is 50.5 Å². The summed E-state index contributed by atoms with van der Waals surface area (Å²) in [4.78, 5) is 22.6. The highest BCUT2D eigenvalue weighted by Crippen LogP contribution is 2.43. The summed E-state index contributed by atoms with van der Waals surface area (Å²) < 4.78 is 83.2. The van der Waals surface area contributed by atoms with Crippen molar-refractivity contribution in [1.29, 1.82) is 0 Å². The molecule has 11 heteroatoms. The van der Waals surface area contributed by atoms with Crippen molar-refractivity contribution >= 4 is 11.9 Å². The van der Waals surface area contributed by atoms with E-state index in [-0.39, 0.29) is 0 Å². The molecule has 1 aliphatic carbocycles. The molecule has 0 atom stereocenters. The van der Waals surface area contributed by atoms with Gasteiger partial charge >= 0.3 is 29.9 Å². The van der Waals surface area contributed by atoms with E-state index in [4.69, 9.17) is 9.84 Å². The highest BCUT2D eigenvalue weighted by molar-refractivity contribution is 5.84. The summed E-state index contributed by atoms with van der Waals surface area (Å²) in [6.45, 7) is 0.0938. The lowest BCUT2D eigenvalue weighted by Crippen LogP contribution is -2.63. The first-order chi connectivity index (χ1) is 10.7. The van der Waals surface area contributed by atoms with Gasteiger partial charge in [0.05, 0.1) is 0 Å². The SMILES string of the molecule is CC1(OC(=O)COC(=O)C(O)(C(F)(F)F)C(F)(F)F)CCCCC1. The summed E-state index contributed by atoms with van der Waals surface area (Å²) in [6.07, 6.45) is -9.38. The van der Waals surface area contributed by atoms with Gasteiger partial charge in [0.25, 0.3) is 0 Å². The fourth-order valence-electron chi connectivity index (χ4n) is 2.33. The summed E-state index contributed by atoms with van der Waals surface area (Å²) >= 11 is 0. The van der Waals surface area contributed by atoms with Gasteiger partial charge in [0.2, 0.25) is 0 Å². The number of carbonyl (C=O) groups excluding carboxylic acids is 2. The van der Waals surface area contributed by atoms with E-state index in [2.05, 4.69) is 4.74 Å². The quantitative estimate of drug-likeness (QED) is 0.612. The fourth-order valence-corrected chi connectivity index (χ4v) is 2.33. The maximum Gasteiger partial charge on any atom is 0.437 e. The Morgan fingerprint density at radius 2 is 1.46 bits per heavy atom. The van der Waals surface area contributed by atoms with E-state index < -0.39 is 42.1 Å². The Bertz CT molecular complexity index is 464. The lowest BCUT2D eigenvalue weighted by molar-refractivity contribution is -0.356. The van der Waals surface area contributed by atoms with Crippen LogP contribution < -0.4 is 0 Å². The van der Waals surface area contributed by atoms with Crippen LogP contribution in [0.5, 0.6) is 0 Å². The first-order valence-corrected chi connectivity index (χ1v) is 6.98. The number of aliphatic hydroxyl groups is 1. The maximum atomic E-state index is 12.4. The van der Waals surface area contributed by atoms with Crippen LogP contribution in [-0.2, 0) is 19.1 Å². The molecule has 0 saturated heterocycles. The van der Waals surface area contributed by atoms with Crippen LogP contribution >= 0.6 is 0 Å². The zero-order valence-electron chi connectivity index (χ0n) is 12.6. The van der Waals surface area contributed by atoms with E-state index in [9.17, 15) is 35.9 Å². The van der Waals surface area contributed by atoms with E-state index in [1.165, 1.54) is 0 Å². The normalized spacial score (nSPS) is 18.8. The second-order valence-electron chi connectivity index (χ2n) is 5.77. The second-order valence-corrected chi connectivity index (χ2v) is 5.77. The second kappa shape index (κ2) is 6.77. The molecule has 0 aromatic heterocycles. The van der Waals surface area contributed by atoms with Crippen molar-refractivity contribution in [1.82, 2.24) is 0 Å². The summed E-state index contributed by atoms with van der Waals surface area (Å²) in [5, 5.41) is 8.76. The van der Waals surface area contributed by atoms with Crippen LogP contribution in [0.2, 0.25) is 0 Å².